The van der Waals surface area contributed by atoms with Crippen LogP contribution in [0.3, 0.4) is 0 Å². The number of thioether (sulfide) groups is 1. The second-order valence-corrected chi connectivity index (χ2v) is 4.00. The number of hydrogen-bond donors (Lipinski definition) is 1. The summed E-state index contributed by atoms with van der Waals surface area (Å²) in [6.07, 6.45) is 0. The van der Waals surface area contributed by atoms with Crippen LogP contribution in [0, 0.1) is 22.7 Å². The predicted molar refractivity (Wildman–Crippen MR) is 59.0 cm³/mol. The monoisotopic (exact) mass is 213 g/mol. The van der Waals surface area contributed by atoms with Gasteiger partial charge in [0.25, 0.3) is 0 Å². The molecule has 0 aliphatic carbocycles. The Labute approximate surface area is 92.0 Å². The number of rotatable bonds is 0. The van der Waals surface area contributed by atoms with E-state index in [-0.39, 0.29) is 5.57 Å². The van der Waals surface area contributed by atoms with Crippen LogP contribution in [0.4, 0.5) is 5.69 Å². The summed E-state index contributed by atoms with van der Waals surface area (Å²) in [4.78, 5) is 1.15. The predicted octanol–water partition coefficient (Wildman–Crippen LogP) is 2.51. The zero-order valence-electron chi connectivity index (χ0n) is 7.82. The van der Waals surface area contributed by atoms with Gasteiger partial charge in [-0.3, -0.25) is 0 Å². The van der Waals surface area contributed by atoms with E-state index in [4.69, 9.17) is 10.5 Å². The lowest BCUT2D eigenvalue weighted by atomic mass is 10.2. The highest BCUT2D eigenvalue weighted by atomic mass is 32.2. The molecule has 1 aromatic rings. The molecule has 0 spiro atoms. The van der Waals surface area contributed by atoms with E-state index in [0.717, 1.165) is 10.6 Å². The third kappa shape index (κ3) is 1.81. The molecule has 1 aromatic carbocycles. The quantitative estimate of drug-likeness (QED) is 0.673. The van der Waals surface area contributed by atoms with Crippen LogP contribution in [-0.4, -0.2) is 5.75 Å². The van der Waals surface area contributed by atoms with E-state index in [1.807, 2.05) is 36.4 Å². The highest BCUT2D eigenvalue weighted by Crippen LogP contribution is 2.34. The van der Waals surface area contributed by atoms with Gasteiger partial charge in [0.1, 0.15) is 17.7 Å². The maximum absolute atomic E-state index is 8.75. The highest BCUT2D eigenvalue weighted by Gasteiger charge is 2.15. The van der Waals surface area contributed by atoms with Gasteiger partial charge in [0.15, 0.2) is 0 Å². The van der Waals surface area contributed by atoms with E-state index in [1.165, 1.54) is 0 Å². The fraction of sp³-hybridized carbons (Fsp3) is 0.0909. The molecular formula is C11H7N3S. The number of fused-ring (bicyclic) bond motifs is 1. The summed E-state index contributed by atoms with van der Waals surface area (Å²) in [5.41, 5.74) is 1.83. The Morgan fingerprint density at radius 1 is 1.27 bits per heavy atom. The van der Waals surface area contributed by atoms with Gasteiger partial charge in [0, 0.05) is 10.6 Å². The molecule has 0 radical (unpaired) electrons. The second kappa shape index (κ2) is 4.08. The van der Waals surface area contributed by atoms with Gasteiger partial charge in [-0.05, 0) is 12.1 Å². The maximum atomic E-state index is 8.75. The molecule has 0 aromatic heterocycles. The second-order valence-electron chi connectivity index (χ2n) is 2.99. The van der Waals surface area contributed by atoms with Crippen LogP contribution >= 0.6 is 11.8 Å². The Bertz CT molecular complexity index is 489. The van der Waals surface area contributed by atoms with Crippen molar-refractivity contribution in [3.8, 4) is 12.1 Å². The summed E-state index contributed by atoms with van der Waals surface area (Å²) >= 11 is 1.63. The average molecular weight is 213 g/mol. The van der Waals surface area contributed by atoms with Crippen LogP contribution in [0.25, 0.3) is 0 Å². The fourth-order valence-electron chi connectivity index (χ4n) is 1.34. The first kappa shape index (κ1) is 9.64. The van der Waals surface area contributed by atoms with Gasteiger partial charge < -0.3 is 5.32 Å². The Kier molecular flexibility index (Phi) is 2.62. The summed E-state index contributed by atoms with van der Waals surface area (Å²) in [7, 11) is 0. The van der Waals surface area contributed by atoms with Crippen molar-refractivity contribution in [3.63, 3.8) is 0 Å². The highest BCUT2D eigenvalue weighted by molar-refractivity contribution is 7.99. The molecule has 1 aliphatic heterocycles. The van der Waals surface area contributed by atoms with Crippen LogP contribution in [0.15, 0.2) is 40.4 Å². The molecule has 1 N–H and O–H groups in total. The first-order valence-corrected chi connectivity index (χ1v) is 5.36. The van der Waals surface area contributed by atoms with E-state index in [0.29, 0.717) is 11.4 Å². The van der Waals surface area contributed by atoms with Gasteiger partial charge in [0.2, 0.25) is 0 Å². The number of nitriles is 2. The molecular weight excluding hydrogens is 206 g/mol. The van der Waals surface area contributed by atoms with E-state index in [1.54, 1.807) is 11.8 Å². The SMILES string of the molecule is N#CC(C#N)=C1CSc2ccccc2N1. The minimum Gasteiger partial charge on any atom is -0.356 e. The van der Waals surface area contributed by atoms with Gasteiger partial charge in [-0.25, -0.2) is 0 Å². The molecule has 0 saturated carbocycles. The summed E-state index contributed by atoms with van der Waals surface area (Å²) in [5.74, 6) is 0.646. The summed E-state index contributed by atoms with van der Waals surface area (Å²) in [6, 6.07) is 11.6. The van der Waals surface area contributed by atoms with Crippen molar-refractivity contribution >= 4 is 17.4 Å². The fourth-order valence-corrected chi connectivity index (χ4v) is 2.30. The smallest absolute Gasteiger partial charge is 0.149 e. The zero-order chi connectivity index (χ0) is 10.7. The van der Waals surface area contributed by atoms with Crippen molar-refractivity contribution in [2.24, 2.45) is 0 Å². The molecule has 2 rings (SSSR count). The largest absolute Gasteiger partial charge is 0.356 e. The standard InChI is InChI=1S/C11H7N3S/c12-5-8(6-13)10-7-15-11-4-2-1-3-9(11)14-10/h1-4,14H,7H2. The molecule has 1 heterocycles. The number of allylic oxidation sites excluding steroid dienone is 1. The molecule has 72 valence electrons. The minimum atomic E-state index is 0.164. The van der Waals surface area contributed by atoms with Crippen molar-refractivity contribution in [1.82, 2.24) is 0 Å². The average Bonchev–Trinajstić information content (AvgIpc) is 2.30. The van der Waals surface area contributed by atoms with Crippen molar-refractivity contribution in [2.75, 3.05) is 11.1 Å². The Morgan fingerprint density at radius 3 is 2.73 bits per heavy atom. The van der Waals surface area contributed by atoms with Crippen LogP contribution < -0.4 is 5.32 Å². The first-order valence-electron chi connectivity index (χ1n) is 4.37. The van der Waals surface area contributed by atoms with E-state index in [2.05, 4.69) is 5.32 Å². The van der Waals surface area contributed by atoms with E-state index < -0.39 is 0 Å². The van der Waals surface area contributed by atoms with Crippen LogP contribution in [0.2, 0.25) is 0 Å². The Hall–Kier alpha value is -1.91. The number of para-hydroxylation sites is 1. The van der Waals surface area contributed by atoms with Gasteiger partial charge >= 0.3 is 0 Å². The first-order chi connectivity index (χ1) is 7.35. The molecule has 0 amide bonds. The lowest BCUT2D eigenvalue weighted by molar-refractivity contribution is 1.26. The number of benzene rings is 1. The van der Waals surface area contributed by atoms with Gasteiger partial charge in [-0.15, -0.1) is 11.8 Å². The number of nitrogens with one attached hydrogen (secondary N) is 1. The van der Waals surface area contributed by atoms with E-state index in [9.17, 15) is 0 Å². The third-order valence-corrected chi connectivity index (χ3v) is 3.17. The Balaban J connectivity index is 2.39. The summed E-state index contributed by atoms with van der Waals surface area (Å²) in [6.45, 7) is 0. The third-order valence-electron chi connectivity index (χ3n) is 2.07. The summed E-state index contributed by atoms with van der Waals surface area (Å²) in [5, 5.41) is 20.6. The molecule has 3 nitrogen and oxygen atoms in total. The molecule has 0 fully saturated rings. The van der Waals surface area contributed by atoms with Crippen molar-refractivity contribution in [3.05, 3.63) is 35.5 Å². The molecule has 15 heavy (non-hydrogen) atoms. The van der Waals surface area contributed by atoms with Crippen molar-refractivity contribution in [1.29, 1.82) is 10.5 Å². The van der Waals surface area contributed by atoms with E-state index >= 15 is 0 Å². The van der Waals surface area contributed by atoms with Crippen LogP contribution in [0.1, 0.15) is 0 Å². The van der Waals surface area contributed by atoms with Crippen LogP contribution in [-0.2, 0) is 0 Å². The topological polar surface area (TPSA) is 59.6 Å². The minimum absolute atomic E-state index is 0.164. The van der Waals surface area contributed by atoms with Gasteiger partial charge in [0.05, 0.1) is 11.4 Å². The zero-order valence-corrected chi connectivity index (χ0v) is 8.64. The lowest BCUT2D eigenvalue weighted by Crippen LogP contribution is -2.10. The molecule has 0 saturated heterocycles. The Morgan fingerprint density at radius 2 is 2.00 bits per heavy atom. The number of hydrogen-bond acceptors (Lipinski definition) is 4. The molecule has 0 unspecified atom stereocenters. The van der Waals surface area contributed by atoms with Gasteiger partial charge in [-0.2, -0.15) is 10.5 Å². The maximum Gasteiger partial charge on any atom is 0.149 e. The molecule has 0 bridgehead atoms. The van der Waals surface area contributed by atoms with Crippen molar-refractivity contribution < 1.29 is 0 Å². The molecule has 0 atom stereocenters. The summed E-state index contributed by atoms with van der Waals surface area (Å²) < 4.78 is 0. The molecule has 1 aliphatic rings. The number of nitrogens with zero attached hydrogens (tertiary/aromatic N) is 2. The lowest BCUT2D eigenvalue weighted by Gasteiger charge is -2.19. The van der Waals surface area contributed by atoms with Crippen molar-refractivity contribution in [2.45, 2.75) is 4.90 Å². The van der Waals surface area contributed by atoms with Crippen LogP contribution in [0.5, 0.6) is 0 Å². The normalized spacial score (nSPS) is 13.1. The molecule has 4 heteroatoms. The van der Waals surface area contributed by atoms with Gasteiger partial charge in [-0.1, -0.05) is 12.1 Å². The number of anilines is 1.